The zero-order chi connectivity index (χ0) is 46.4. The lowest BCUT2D eigenvalue weighted by atomic mass is 9.79. The van der Waals surface area contributed by atoms with Gasteiger partial charge in [-0.2, -0.15) is 0 Å². The molecular weight excluding hydrogens is 831 g/mol. The van der Waals surface area contributed by atoms with E-state index in [1.165, 1.54) is 111 Å². The van der Waals surface area contributed by atoms with Gasteiger partial charge < -0.3 is 4.90 Å². The Morgan fingerprint density at radius 1 is 0.246 bits per heavy atom. The van der Waals surface area contributed by atoms with Crippen molar-refractivity contribution in [3.8, 4) is 66.8 Å². The standard InChI is InChI=1S/C68H51N/c1-67(2)63-22-10-9-19-59(63)61-42-66-62(43-65(61)67)60-40-39-54(41-64(60)68(66,3)4)69(52-35-31-46(32-36-52)44-23-27-50(28-24-44)57-20-11-15-48-13-5-7-17-55(48)57)53-37-33-47(34-38-53)45-25-29-51(30-26-45)58-21-12-16-49-14-6-8-18-56(49)58/h5-43H,1-4H3. The molecule has 0 bridgehead atoms. The highest BCUT2D eigenvalue weighted by Crippen LogP contribution is 2.57. The van der Waals surface area contributed by atoms with Crippen molar-refractivity contribution in [2.45, 2.75) is 38.5 Å². The molecule has 2 aliphatic carbocycles. The Labute approximate surface area is 405 Å². The van der Waals surface area contributed by atoms with Crippen LogP contribution in [0.2, 0.25) is 0 Å². The summed E-state index contributed by atoms with van der Waals surface area (Å²) in [6.45, 7) is 9.58. The van der Waals surface area contributed by atoms with Crippen LogP contribution in [0, 0.1) is 0 Å². The molecule has 0 radical (unpaired) electrons. The van der Waals surface area contributed by atoms with Crippen molar-refractivity contribution in [1.82, 2.24) is 0 Å². The van der Waals surface area contributed by atoms with Gasteiger partial charge in [0.05, 0.1) is 0 Å². The molecule has 0 fully saturated rings. The van der Waals surface area contributed by atoms with Gasteiger partial charge in [-0.1, -0.05) is 216 Å². The number of benzene rings is 11. The van der Waals surface area contributed by atoms with Gasteiger partial charge in [-0.15, -0.1) is 0 Å². The van der Waals surface area contributed by atoms with E-state index >= 15 is 0 Å². The van der Waals surface area contributed by atoms with Crippen LogP contribution in [0.4, 0.5) is 17.1 Å². The van der Waals surface area contributed by atoms with Crippen LogP contribution in [0.5, 0.6) is 0 Å². The second-order valence-electron chi connectivity index (χ2n) is 20.1. The second kappa shape index (κ2) is 15.7. The molecule has 2 aliphatic rings. The maximum absolute atomic E-state index is 2.51. The van der Waals surface area contributed by atoms with E-state index in [0.29, 0.717) is 0 Å². The average molecular weight is 882 g/mol. The molecule has 328 valence electrons. The number of rotatable bonds is 7. The number of hydrogen-bond donors (Lipinski definition) is 0. The number of anilines is 3. The van der Waals surface area contributed by atoms with Crippen LogP contribution < -0.4 is 4.90 Å². The number of fused-ring (bicyclic) bond motifs is 8. The van der Waals surface area contributed by atoms with Crippen LogP contribution in [0.15, 0.2) is 237 Å². The lowest BCUT2D eigenvalue weighted by Crippen LogP contribution is -2.17. The smallest absolute Gasteiger partial charge is 0.0465 e. The predicted molar refractivity (Wildman–Crippen MR) is 293 cm³/mol. The molecule has 0 unspecified atom stereocenters. The zero-order valence-corrected chi connectivity index (χ0v) is 39.5. The van der Waals surface area contributed by atoms with Gasteiger partial charge in [0.2, 0.25) is 0 Å². The van der Waals surface area contributed by atoms with E-state index in [1.54, 1.807) is 0 Å². The van der Waals surface area contributed by atoms with E-state index in [-0.39, 0.29) is 10.8 Å². The fourth-order valence-electron chi connectivity index (χ4n) is 11.7. The van der Waals surface area contributed by atoms with Crippen LogP contribution >= 0.6 is 0 Å². The largest absolute Gasteiger partial charge is 0.310 e. The molecule has 0 saturated carbocycles. The Kier molecular flexibility index (Phi) is 9.30. The van der Waals surface area contributed by atoms with E-state index in [2.05, 4.69) is 269 Å². The summed E-state index contributed by atoms with van der Waals surface area (Å²) in [7, 11) is 0. The first kappa shape index (κ1) is 41.0. The van der Waals surface area contributed by atoms with Crippen molar-refractivity contribution in [2.75, 3.05) is 4.90 Å². The fraction of sp³-hybridized carbons (Fsp3) is 0.0882. The molecule has 13 rings (SSSR count). The minimum atomic E-state index is -0.187. The molecule has 0 aromatic heterocycles. The highest BCUT2D eigenvalue weighted by atomic mass is 15.1. The third-order valence-corrected chi connectivity index (χ3v) is 15.5. The number of nitrogens with zero attached hydrogens (tertiary/aromatic N) is 1. The predicted octanol–water partition coefficient (Wildman–Crippen LogP) is 18.7. The Morgan fingerprint density at radius 3 is 1.10 bits per heavy atom. The molecular formula is C68H51N. The van der Waals surface area contributed by atoms with Crippen molar-refractivity contribution >= 4 is 38.6 Å². The minimum Gasteiger partial charge on any atom is -0.310 e. The molecule has 0 amide bonds. The van der Waals surface area contributed by atoms with Gasteiger partial charge in [-0.3, -0.25) is 0 Å². The molecule has 11 aromatic rings. The van der Waals surface area contributed by atoms with Crippen molar-refractivity contribution < 1.29 is 0 Å². The maximum atomic E-state index is 2.51. The van der Waals surface area contributed by atoms with Crippen LogP contribution in [0.3, 0.4) is 0 Å². The summed E-state index contributed by atoms with van der Waals surface area (Å²) in [5.41, 5.74) is 23.9. The van der Waals surface area contributed by atoms with Crippen molar-refractivity contribution in [3.63, 3.8) is 0 Å². The van der Waals surface area contributed by atoms with Gasteiger partial charge in [0.25, 0.3) is 0 Å². The molecule has 69 heavy (non-hydrogen) atoms. The first-order valence-electron chi connectivity index (χ1n) is 24.3. The van der Waals surface area contributed by atoms with Crippen molar-refractivity contribution in [2.24, 2.45) is 0 Å². The normalized spacial score (nSPS) is 13.7. The Balaban J connectivity index is 0.867. The summed E-state index contributed by atoms with van der Waals surface area (Å²) in [6, 6.07) is 87.9. The SMILES string of the molecule is CC1(C)c2ccccc2-c2cc3c(cc21)-c1ccc(N(c2ccc(-c4ccc(-c5cccc6ccccc56)cc4)cc2)c2ccc(-c4ccc(-c5cccc6ccccc56)cc4)cc2)cc1C3(C)C. The lowest BCUT2D eigenvalue weighted by Gasteiger charge is -2.28. The molecule has 0 N–H and O–H groups in total. The summed E-state index contributed by atoms with van der Waals surface area (Å²) < 4.78 is 0. The van der Waals surface area contributed by atoms with E-state index in [4.69, 9.17) is 0 Å². The first-order valence-corrected chi connectivity index (χ1v) is 24.3. The maximum Gasteiger partial charge on any atom is 0.0465 e. The van der Waals surface area contributed by atoms with Crippen LogP contribution in [0.25, 0.3) is 88.3 Å². The van der Waals surface area contributed by atoms with Gasteiger partial charge in [0, 0.05) is 27.9 Å². The summed E-state index contributed by atoms with van der Waals surface area (Å²) in [6.07, 6.45) is 0. The third-order valence-electron chi connectivity index (χ3n) is 15.5. The Hall–Kier alpha value is -8.26. The van der Waals surface area contributed by atoms with Gasteiger partial charge in [-0.25, -0.2) is 0 Å². The van der Waals surface area contributed by atoms with Crippen LogP contribution in [-0.2, 0) is 10.8 Å². The Morgan fingerprint density at radius 2 is 0.594 bits per heavy atom. The quantitative estimate of drug-likeness (QED) is 0.154. The van der Waals surface area contributed by atoms with E-state index < -0.39 is 0 Å². The first-order chi connectivity index (χ1) is 33.7. The van der Waals surface area contributed by atoms with Gasteiger partial charge in [0.1, 0.15) is 0 Å². The molecule has 0 saturated heterocycles. The van der Waals surface area contributed by atoms with Crippen molar-refractivity contribution in [3.05, 3.63) is 259 Å². The molecule has 0 atom stereocenters. The lowest BCUT2D eigenvalue weighted by molar-refractivity contribution is 0.652. The highest BCUT2D eigenvalue weighted by molar-refractivity contribution is 5.98. The summed E-state index contributed by atoms with van der Waals surface area (Å²) in [5, 5.41) is 5.07. The highest BCUT2D eigenvalue weighted by Gasteiger charge is 2.41. The molecule has 0 heterocycles. The van der Waals surface area contributed by atoms with E-state index in [9.17, 15) is 0 Å². The third kappa shape index (κ3) is 6.60. The topological polar surface area (TPSA) is 3.24 Å². The average Bonchev–Trinajstić information content (AvgIpc) is 3.76. The molecule has 0 aliphatic heterocycles. The van der Waals surface area contributed by atoms with Gasteiger partial charge in [-0.05, 0) is 159 Å². The summed E-state index contributed by atoms with van der Waals surface area (Å²) >= 11 is 0. The van der Waals surface area contributed by atoms with E-state index in [1.807, 2.05) is 0 Å². The van der Waals surface area contributed by atoms with Gasteiger partial charge >= 0.3 is 0 Å². The fourth-order valence-corrected chi connectivity index (χ4v) is 11.7. The molecule has 0 spiro atoms. The minimum absolute atomic E-state index is 0.0550. The van der Waals surface area contributed by atoms with Crippen LogP contribution in [-0.4, -0.2) is 0 Å². The van der Waals surface area contributed by atoms with Crippen LogP contribution in [0.1, 0.15) is 49.9 Å². The van der Waals surface area contributed by atoms with E-state index in [0.717, 1.165) is 17.1 Å². The number of hydrogen-bond acceptors (Lipinski definition) is 1. The molecule has 1 nitrogen and oxygen atoms in total. The molecule has 1 heteroatoms. The second-order valence-corrected chi connectivity index (χ2v) is 20.1. The monoisotopic (exact) mass is 881 g/mol. The van der Waals surface area contributed by atoms with Crippen molar-refractivity contribution in [1.29, 1.82) is 0 Å². The Bertz CT molecular complexity index is 3620. The van der Waals surface area contributed by atoms with Gasteiger partial charge in [0.15, 0.2) is 0 Å². The summed E-state index contributed by atoms with van der Waals surface area (Å²) in [5.74, 6) is 0. The molecule has 11 aromatic carbocycles. The zero-order valence-electron chi connectivity index (χ0n) is 39.5. The summed E-state index contributed by atoms with van der Waals surface area (Å²) in [4.78, 5) is 2.43.